The first-order valence-electron chi connectivity index (χ1n) is 18.9. The molecule has 9 N–H and O–H groups in total. The van der Waals surface area contributed by atoms with Gasteiger partial charge in [0.15, 0.2) is 0 Å². The molecule has 5 aromatic carbocycles. The molecule has 5 aromatic rings. The Bertz CT molecular complexity index is 1570. The van der Waals surface area contributed by atoms with E-state index in [1.807, 2.05) is 0 Å². The van der Waals surface area contributed by atoms with Gasteiger partial charge in [-0.2, -0.15) is 0 Å². The summed E-state index contributed by atoms with van der Waals surface area (Å²) in [7, 11) is 0. The van der Waals surface area contributed by atoms with Crippen LogP contribution in [0.25, 0.3) is 0 Å². The zero-order chi connectivity index (χ0) is 36.3. The zero-order valence-electron chi connectivity index (χ0n) is 30.7. The molecule has 52 heavy (non-hydrogen) atoms. The molecule has 274 valence electrons. The molecule has 0 aliphatic heterocycles. The molecule has 0 bridgehead atoms. The second-order valence-corrected chi connectivity index (χ2v) is 13.8. The van der Waals surface area contributed by atoms with E-state index in [0.717, 1.165) is 52.0 Å². The lowest BCUT2D eigenvalue weighted by Gasteiger charge is -2.60. The Balaban J connectivity index is 1.84. The summed E-state index contributed by atoms with van der Waals surface area (Å²) in [5.41, 5.74) is 24.5. The summed E-state index contributed by atoms with van der Waals surface area (Å²) < 4.78 is 0. The van der Waals surface area contributed by atoms with Gasteiger partial charge < -0.3 is 33.2 Å². The highest BCUT2D eigenvalue weighted by molar-refractivity contribution is 5.34. The third-order valence-corrected chi connectivity index (χ3v) is 10.3. The molecule has 0 aliphatic rings. The lowest BCUT2D eigenvalue weighted by molar-refractivity contribution is -0.0374. The summed E-state index contributed by atoms with van der Waals surface area (Å²) in [6.07, 6.45) is 2.28. The van der Waals surface area contributed by atoms with Crippen LogP contribution in [0.4, 0.5) is 0 Å². The lowest BCUT2D eigenvalue weighted by Crippen LogP contribution is -2.80. The minimum atomic E-state index is -0.619. The maximum absolute atomic E-state index is 7.02. The molecule has 0 amide bonds. The Hall–Kier alpha value is -4.18. The van der Waals surface area contributed by atoms with Crippen molar-refractivity contribution < 1.29 is 0 Å². The second kappa shape index (κ2) is 20.8. The van der Waals surface area contributed by atoms with Crippen LogP contribution in [0, 0.1) is 0 Å². The highest BCUT2D eigenvalue weighted by Gasteiger charge is 2.57. The molecular formula is C45H59N7. The van der Waals surface area contributed by atoms with Gasteiger partial charge in [-0.05, 0) is 47.1 Å². The van der Waals surface area contributed by atoms with E-state index in [1.54, 1.807) is 0 Å². The van der Waals surface area contributed by atoms with Crippen molar-refractivity contribution in [2.24, 2.45) is 17.2 Å². The number of hydrogen-bond acceptors (Lipinski definition) is 7. The second-order valence-electron chi connectivity index (χ2n) is 13.8. The maximum Gasteiger partial charge on any atom is 0.0581 e. The third-order valence-electron chi connectivity index (χ3n) is 10.3. The van der Waals surface area contributed by atoms with Gasteiger partial charge in [-0.1, -0.05) is 152 Å². The Morgan fingerprint density at radius 3 is 1.27 bits per heavy atom. The summed E-state index contributed by atoms with van der Waals surface area (Å²) in [5, 5.41) is 11.7. The van der Waals surface area contributed by atoms with E-state index in [-0.39, 0.29) is 6.04 Å². The number of hydrogen-bond donors (Lipinski definition) is 6. The van der Waals surface area contributed by atoms with Crippen molar-refractivity contribution in [2.75, 3.05) is 45.8 Å². The Morgan fingerprint density at radius 1 is 0.462 bits per heavy atom. The predicted molar refractivity (Wildman–Crippen MR) is 218 cm³/mol. The van der Waals surface area contributed by atoms with Gasteiger partial charge >= 0.3 is 0 Å². The number of rotatable bonds is 23. The van der Waals surface area contributed by atoms with E-state index in [9.17, 15) is 0 Å². The van der Waals surface area contributed by atoms with E-state index in [2.05, 4.69) is 173 Å². The van der Waals surface area contributed by atoms with Crippen LogP contribution in [-0.4, -0.2) is 67.8 Å². The zero-order valence-corrected chi connectivity index (χ0v) is 30.7. The topological polar surface area (TPSA) is 117 Å². The Kier molecular flexibility index (Phi) is 15.6. The van der Waals surface area contributed by atoms with Crippen LogP contribution in [0.1, 0.15) is 27.8 Å². The van der Waals surface area contributed by atoms with Crippen LogP contribution in [0.15, 0.2) is 152 Å². The molecule has 0 saturated heterocycles. The van der Waals surface area contributed by atoms with Gasteiger partial charge in [-0.15, -0.1) is 0 Å². The summed E-state index contributed by atoms with van der Waals surface area (Å²) in [5.74, 6) is 0. The number of nitrogens with one attached hydrogen (secondary N) is 3. The molecule has 0 aliphatic carbocycles. The van der Waals surface area contributed by atoms with Crippen LogP contribution in [0.5, 0.6) is 0 Å². The summed E-state index contributed by atoms with van der Waals surface area (Å²) in [6, 6.07) is 54.5. The molecule has 2 atom stereocenters. The minimum Gasteiger partial charge on any atom is -0.329 e. The SMILES string of the molecule is NCCNCCNC(CN)C(Cc1ccccc1)(NCCN)C(Cc1ccccc1)(Cc1ccccc1)N(Cc1ccccc1)Cc1ccccc1. The molecular weight excluding hydrogens is 639 g/mol. The van der Waals surface area contributed by atoms with E-state index in [0.29, 0.717) is 26.2 Å². The van der Waals surface area contributed by atoms with Crippen molar-refractivity contribution in [3.63, 3.8) is 0 Å². The van der Waals surface area contributed by atoms with Gasteiger partial charge in [0.25, 0.3) is 0 Å². The van der Waals surface area contributed by atoms with Crippen LogP contribution in [-0.2, 0) is 32.4 Å². The molecule has 5 rings (SSSR count). The van der Waals surface area contributed by atoms with Crippen LogP contribution in [0.2, 0.25) is 0 Å². The summed E-state index contributed by atoms with van der Waals surface area (Å²) in [4.78, 5) is 2.75. The first kappa shape index (κ1) is 39.0. The number of nitrogens with two attached hydrogens (primary N) is 3. The molecule has 0 fully saturated rings. The predicted octanol–water partition coefficient (Wildman–Crippen LogP) is 4.91. The summed E-state index contributed by atoms with van der Waals surface area (Å²) >= 11 is 0. The van der Waals surface area contributed by atoms with Gasteiger partial charge in [0.2, 0.25) is 0 Å². The fourth-order valence-corrected chi connectivity index (χ4v) is 7.91. The molecule has 0 saturated carbocycles. The highest BCUT2D eigenvalue weighted by Crippen LogP contribution is 2.43. The lowest BCUT2D eigenvalue weighted by atomic mass is 9.61. The van der Waals surface area contributed by atoms with E-state index < -0.39 is 11.1 Å². The van der Waals surface area contributed by atoms with Gasteiger partial charge in [-0.3, -0.25) is 4.90 Å². The molecule has 7 nitrogen and oxygen atoms in total. The fraction of sp³-hybridized carbons (Fsp3) is 0.333. The minimum absolute atomic E-state index is 0.139. The molecule has 0 heterocycles. The van der Waals surface area contributed by atoms with Crippen molar-refractivity contribution in [1.29, 1.82) is 0 Å². The highest BCUT2D eigenvalue weighted by atomic mass is 15.3. The number of benzene rings is 5. The van der Waals surface area contributed by atoms with Gasteiger partial charge in [0.1, 0.15) is 0 Å². The van der Waals surface area contributed by atoms with Gasteiger partial charge in [0.05, 0.1) is 5.54 Å². The molecule has 2 unspecified atom stereocenters. The fourth-order valence-electron chi connectivity index (χ4n) is 7.91. The van der Waals surface area contributed by atoms with Crippen molar-refractivity contribution in [3.05, 3.63) is 179 Å². The maximum atomic E-state index is 7.02. The Morgan fingerprint density at radius 2 is 0.865 bits per heavy atom. The van der Waals surface area contributed by atoms with Gasteiger partial charge in [-0.25, -0.2) is 0 Å². The molecule has 0 radical (unpaired) electrons. The van der Waals surface area contributed by atoms with Crippen LogP contribution in [0.3, 0.4) is 0 Å². The van der Waals surface area contributed by atoms with Crippen molar-refractivity contribution in [1.82, 2.24) is 20.9 Å². The molecule has 0 spiro atoms. The third kappa shape index (κ3) is 10.5. The smallest absolute Gasteiger partial charge is 0.0581 e. The first-order chi connectivity index (χ1) is 25.6. The van der Waals surface area contributed by atoms with E-state index in [4.69, 9.17) is 17.2 Å². The van der Waals surface area contributed by atoms with Crippen molar-refractivity contribution in [3.8, 4) is 0 Å². The monoisotopic (exact) mass is 697 g/mol. The average Bonchev–Trinajstić information content (AvgIpc) is 3.19. The van der Waals surface area contributed by atoms with E-state index >= 15 is 0 Å². The first-order valence-corrected chi connectivity index (χ1v) is 18.9. The van der Waals surface area contributed by atoms with Crippen LogP contribution >= 0.6 is 0 Å². The number of nitrogens with zero attached hydrogens (tertiary/aromatic N) is 1. The van der Waals surface area contributed by atoms with E-state index in [1.165, 1.54) is 27.8 Å². The summed E-state index contributed by atoms with van der Waals surface area (Å²) in [6.45, 7) is 5.93. The molecule has 0 aromatic heterocycles. The quantitative estimate of drug-likeness (QED) is 0.0538. The Labute approximate surface area is 312 Å². The van der Waals surface area contributed by atoms with Gasteiger partial charge in [0, 0.05) is 70.5 Å². The largest absolute Gasteiger partial charge is 0.329 e. The van der Waals surface area contributed by atoms with Crippen LogP contribution < -0.4 is 33.2 Å². The van der Waals surface area contributed by atoms with Crippen molar-refractivity contribution in [2.45, 2.75) is 49.5 Å². The standard InChI is InChI=1S/C45H59N7/c46-26-28-49-30-31-50-43(35-48)45(51-29-27-47,34-40-20-10-3-11-21-40)44(32-38-16-6-1-7-17-38,33-39-18-8-2-9-19-39)52(36-41-22-12-4-13-23-41)37-42-24-14-5-15-25-42/h1-25,43,49-51H,26-37,46-48H2. The normalized spacial score (nSPS) is 13.5. The van der Waals surface area contributed by atoms with Crippen molar-refractivity contribution >= 4 is 0 Å². The molecule has 7 heteroatoms. The average molecular weight is 698 g/mol.